The van der Waals surface area contributed by atoms with E-state index in [0.717, 1.165) is 29.8 Å². The third kappa shape index (κ3) is 3.71. The van der Waals surface area contributed by atoms with Crippen LogP contribution in [0.3, 0.4) is 0 Å². The molecule has 108 valence electrons. The molecular formula is C11H20N4O2S2. The number of piperidine rings is 1. The van der Waals surface area contributed by atoms with Crippen LogP contribution in [0.5, 0.6) is 0 Å². The van der Waals surface area contributed by atoms with Crippen LogP contribution in [-0.2, 0) is 10.0 Å². The molecule has 1 fully saturated rings. The van der Waals surface area contributed by atoms with Gasteiger partial charge in [0.25, 0.3) is 0 Å². The van der Waals surface area contributed by atoms with Crippen molar-refractivity contribution in [3.63, 3.8) is 0 Å². The number of hydrogen-bond acceptors (Lipinski definition) is 6. The van der Waals surface area contributed by atoms with E-state index in [-0.39, 0.29) is 6.04 Å². The second-order valence-corrected chi connectivity index (χ2v) is 7.96. The van der Waals surface area contributed by atoms with Crippen molar-refractivity contribution in [2.75, 3.05) is 19.3 Å². The molecule has 1 aromatic heterocycles. The maximum atomic E-state index is 11.6. The molecule has 0 bridgehead atoms. The number of rotatable bonds is 4. The van der Waals surface area contributed by atoms with Crippen LogP contribution in [-0.4, -0.2) is 41.7 Å². The van der Waals surface area contributed by atoms with Gasteiger partial charge in [0.1, 0.15) is 0 Å². The molecule has 19 heavy (non-hydrogen) atoms. The number of nitrogens with zero attached hydrogens (tertiary/aromatic N) is 3. The zero-order valence-corrected chi connectivity index (χ0v) is 12.9. The average Bonchev–Trinajstić information content (AvgIpc) is 2.75. The number of aryl methyl sites for hydroxylation is 1. The summed E-state index contributed by atoms with van der Waals surface area (Å²) in [7, 11) is -3.09. The Hall–Kier alpha value is -0.570. The van der Waals surface area contributed by atoms with Crippen LogP contribution in [0, 0.1) is 12.8 Å². The minimum Gasteiger partial charge on any atom is -0.323 e. The van der Waals surface area contributed by atoms with E-state index < -0.39 is 10.0 Å². The second-order valence-electron chi connectivity index (χ2n) is 5.19. The van der Waals surface area contributed by atoms with E-state index in [1.807, 2.05) is 6.92 Å². The molecule has 8 heteroatoms. The quantitative estimate of drug-likeness (QED) is 0.893. The van der Waals surface area contributed by atoms with Gasteiger partial charge in [0, 0.05) is 19.1 Å². The first-order valence-electron chi connectivity index (χ1n) is 6.37. The number of nitrogens with two attached hydrogens (primary N) is 1. The monoisotopic (exact) mass is 304 g/mol. The summed E-state index contributed by atoms with van der Waals surface area (Å²) in [5.74, 6) is 0.319. The van der Waals surface area contributed by atoms with Crippen LogP contribution in [0.4, 0.5) is 0 Å². The number of sulfonamides is 1. The zero-order valence-electron chi connectivity index (χ0n) is 11.2. The number of hydrogen-bond donors (Lipinski definition) is 1. The molecule has 0 spiro atoms. The Kier molecular flexibility index (Phi) is 4.54. The fraction of sp³-hybridized carbons (Fsp3) is 0.818. The fourth-order valence-corrected chi connectivity index (χ4v) is 4.16. The Morgan fingerprint density at radius 1 is 1.58 bits per heavy atom. The van der Waals surface area contributed by atoms with E-state index in [0.29, 0.717) is 19.0 Å². The molecule has 2 heterocycles. The van der Waals surface area contributed by atoms with Gasteiger partial charge in [-0.15, -0.1) is 5.10 Å². The van der Waals surface area contributed by atoms with Crippen molar-refractivity contribution in [2.45, 2.75) is 32.2 Å². The zero-order chi connectivity index (χ0) is 14.0. The molecule has 2 unspecified atom stereocenters. The molecule has 2 N–H and O–H groups in total. The minimum absolute atomic E-state index is 0.0930. The third-order valence-electron chi connectivity index (χ3n) is 3.56. The molecule has 6 nitrogen and oxygen atoms in total. The molecule has 1 saturated heterocycles. The fourth-order valence-electron chi connectivity index (χ4n) is 2.56. The van der Waals surface area contributed by atoms with Crippen molar-refractivity contribution in [1.82, 2.24) is 13.9 Å². The van der Waals surface area contributed by atoms with Crippen LogP contribution in [0.25, 0.3) is 0 Å². The first-order valence-corrected chi connectivity index (χ1v) is 8.99. The van der Waals surface area contributed by atoms with Gasteiger partial charge in [0.15, 0.2) is 0 Å². The first kappa shape index (κ1) is 14.8. The van der Waals surface area contributed by atoms with Crippen molar-refractivity contribution in [1.29, 1.82) is 0 Å². The van der Waals surface area contributed by atoms with Crippen LogP contribution >= 0.6 is 11.5 Å². The lowest BCUT2D eigenvalue weighted by Gasteiger charge is -2.32. The minimum atomic E-state index is -3.09. The van der Waals surface area contributed by atoms with Gasteiger partial charge in [0.05, 0.1) is 16.8 Å². The normalized spacial score (nSPS) is 23.4. The highest BCUT2D eigenvalue weighted by atomic mass is 32.2. The molecule has 0 amide bonds. The molecule has 1 aliphatic heterocycles. The Bertz CT molecular complexity index is 529. The Morgan fingerprint density at radius 2 is 2.32 bits per heavy atom. The summed E-state index contributed by atoms with van der Waals surface area (Å²) < 4.78 is 28.6. The van der Waals surface area contributed by atoms with Crippen LogP contribution in [0.2, 0.25) is 0 Å². The Balaban J connectivity index is 1.98. The highest BCUT2D eigenvalue weighted by Gasteiger charge is 2.28. The van der Waals surface area contributed by atoms with Gasteiger partial charge >= 0.3 is 0 Å². The Morgan fingerprint density at radius 3 is 2.89 bits per heavy atom. The first-order chi connectivity index (χ1) is 8.88. The second kappa shape index (κ2) is 5.82. The van der Waals surface area contributed by atoms with Gasteiger partial charge < -0.3 is 5.73 Å². The third-order valence-corrected chi connectivity index (χ3v) is 5.79. The molecule has 0 radical (unpaired) electrons. The topological polar surface area (TPSA) is 89.2 Å². The number of aromatic nitrogens is 2. The van der Waals surface area contributed by atoms with Crippen molar-refractivity contribution in [3.8, 4) is 0 Å². The van der Waals surface area contributed by atoms with Crippen molar-refractivity contribution < 1.29 is 8.42 Å². The molecule has 1 aromatic rings. The highest BCUT2D eigenvalue weighted by Crippen LogP contribution is 2.29. The molecule has 0 aliphatic carbocycles. The maximum absolute atomic E-state index is 11.6. The van der Waals surface area contributed by atoms with Gasteiger partial charge in [-0.2, -0.15) is 0 Å². The predicted molar refractivity (Wildman–Crippen MR) is 75.3 cm³/mol. The van der Waals surface area contributed by atoms with Crippen molar-refractivity contribution in [2.24, 2.45) is 11.7 Å². The van der Waals surface area contributed by atoms with Gasteiger partial charge in [-0.25, -0.2) is 12.7 Å². The predicted octanol–water partition coefficient (Wildman–Crippen LogP) is 0.908. The standard InChI is InChI=1S/C11H20N4O2S2/c1-8-11(18-14-13-8)10(12)6-9-4-3-5-15(7-9)19(2,16)17/h9-10H,3-7,12H2,1-2H3. The SMILES string of the molecule is Cc1nnsc1C(N)CC1CCCN(S(C)(=O)=O)C1. The summed E-state index contributed by atoms with van der Waals surface area (Å²) in [6.07, 6.45) is 4.00. The Labute approximate surface area is 118 Å². The maximum Gasteiger partial charge on any atom is 0.211 e. The lowest BCUT2D eigenvalue weighted by Crippen LogP contribution is -2.40. The largest absolute Gasteiger partial charge is 0.323 e. The average molecular weight is 304 g/mol. The van der Waals surface area contributed by atoms with Crippen molar-refractivity contribution >= 4 is 21.6 Å². The lowest BCUT2D eigenvalue weighted by atomic mass is 9.92. The molecule has 1 aliphatic rings. The van der Waals surface area contributed by atoms with Gasteiger partial charge in [-0.1, -0.05) is 4.49 Å². The molecular weight excluding hydrogens is 284 g/mol. The van der Waals surface area contributed by atoms with E-state index in [2.05, 4.69) is 9.59 Å². The summed E-state index contributed by atoms with van der Waals surface area (Å²) in [5, 5.41) is 3.97. The van der Waals surface area contributed by atoms with E-state index in [1.54, 1.807) is 4.31 Å². The summed E-state index contributed by atoms with van der Waals surface area (Å²) in [6.45, 7) is 3.12. The highest BCUT2D eigenvalue weighted by molar-refractivity contribution is 7.88. The summed E-state index contributed by atoms with van der Waals surface area (Å²) in [5.41, 5.74) is 7.07. The molecule has 0 saturated carbocycles. The van der Waals surface area contributed by atoms with Crippen LogP contribution < -0.4 is 5.73 Å². The van der Waals surface area contributed by atoms with Crippen LogP contribution in [0.1, 0.15) is 35.9 Å². The van der Waals surface area contributed by atoms with E-state index in [9.17, 15) is 8.42 Å². The van der Waals surface area contributed by atoms with E-state index in [1.165, 1.54) is 17.8 Å². The summed E-state index contributed by atoms with van der Waals surface area (Å²) >= 11 is 1.33. The molecule has 0 aromatic carbocycles. The van der Waals surface area contributed by atoms with Gasteiger partial charge in [-0.05, 0) is 43.6 Å². The lowest BCUT2D eigenvalue weighted by molar-refractivity contribution is 0.247. The van der Waals surface area contributed by atoms with E-state index >= 15 is 0 Å². The van der Waals surface area contributed by atoms with Crippen molar-refractivity contribution in [3.05, 3.63) is 10.6 Å². The van der Waals surface area contributed by atoms with E-state index in [4.69, 9.17) is 5.73 Å². The summed E-state index contributed by atoms with van der Waals surface area (Å²) in [4.78, 5) is 1.01. The summed E-state index contributed by atoms with van der Waals surface area (Å²) in [6, 6.07) is -0.0930. The smallest absolute Gasteiger partial charge is 0.211 e. The molecule has 2 atom stereocenters. The molecule has 2 rings (SSSR count). The van der Waals surface area contributed by atoms with Crippen LogP contribution in [0.15, 0.2) is 0 Å². The van der Waals surface area contributed by atoms with Gasteiger partial charge in [0.2, 0.25) is 10.0 Å². The van der Waals surface area contributed by atoms with Gasteiger partial charge in [-0.3, -0.25) is 0 Å².